The van der Waals surface area contributed by atoms with Gasteiger partial charge in [0.1, 0.15) is 11.6 Å². The van der Waals surface area contributed by atoms with E-state index < -0.39 is 0 Å². The second-order valence-electron chi connectivity index (χ2n) is 9.55. The summed E-state index contributed by atoms with van der Waals surface area (Å²) in [5.74, 6) is 0.604. The number of halogens is 1. The Labute approximate surface area is 172 Å². The van der Waals surface area contributed by atoms with E-state index in [2.05, 4.69) is 30.7 Å². The number of likely N-dealkylation sites (tertiary alicyclic amines) is 1. The number of nitrogens with zero attached hydrogens (tertiary/aromatic N) is 4. The number of benzene rings is 1. The van der Waals surface area contributed by atoms with E-state index in [1.165, 1.54) is 6.07 Å². The van der Waals surface area contributed by atoms with Crippen LogP contribution in [0.4, 0.5) is 4.39 Å². The monoisotopic (exact) mass is 396 g/mol. The lowest BCUT2D eigenvalue weighted by molar-refractivity contribution is 0.0622. The van der Waals surface area contributed by atoms with E-state index in [0.29, 0.717) is 12.1 Å². The predicted octanol–water partition coefficient (Wildman–Crippen LogP) is 3.53. The minimum absolute atomic E-state index is 0.00766. The number of piperidine rings is 1. The zero-order valence-corrected chi connectivity index (χ0v) is 17.7. The Bertz CT molecular complexity index is 929. The lowest BCUT2D eigenvalue weighted by atomic mass is 9.71. The van der Waals surface area contributed by atoms with Crippen molar-refractivity contribution in [1.29, 1.82) is 0 Å². The number of hydrogen-bond donors (Lipinski definition) is 0. The number of aromatic nitrogens is 2. The summed E-state index contributed by atoms with van der Waals surface area (Å²) in [5.41, 5.74) is 2.26. The highest BCUT2D eigenvalue weighted by molar-refractivity contribution is 5.96. The van der Waals surface area contributed by atoms with Crippen LogP contribution in [0.2, 0.25) is 0 Å². The second kappa shape index (κ2) is 7.17. The van der Waals surface area contributed by atoms with E-state index >= 15 is 0 Å². The van der Waals surface area contributed by atoms with Crippen LogP contribution in [0.25, 0.3) is 0 Å². The molecule has 1 aromatic heterocycles. The molecule has 6 heteroatoms. The first-order valence-electron chi connectivity index (χ1n) is 10.3. The molecule has 1 fully saturated rings. The number of carbonyl (C=O) groups excluding carboxylic acids is 1. The summed E-state index contributed by atoms with van der Waals surface area (Å²) < 4.78 is 13.5. The molecular formula is C23H29FN4O. The van der Waals surface area contributed by atoms with Gasteiger partial charge in [-0.05, 0) is 43.6 Å². The second-order valence-corrected chi connectivity index (χ2v) is 9.55. The summed E-state index contributed by atoms with van der Waals surface area (Å²) >= 11 is 0. The van der Waals surface area contributed by atoms with Gasteiger partial charge in [0.05, 0.1) is 11.3 Å². The fourth-order valence-corrected chi connectivity index (χ4v) is 4.54. The molecule has 1 amide bonds. The fourth-order valence-electron chi connectivity index (χ4n) is 4.54. The lowest BCUT2D eigenvalue weighted by Gasteiger charge is -2.46. The molecule has 0 saturated carbocycles. The van der Waals surface area contributed by atoms with Crippen molar-refractivity contribution < 1.29 is 9.18 Å². The number of rotatable bonds is 2. The largest absolute Gasteiger partial charge is 0.341 e. The molecule has 1 spiro atoms. The van der Waals surface area contributed by atoms with Crippen molar-refractivity contribution in [2.45, 2.75) is 51.0 Å². The maximum Gasteiger partial charge on any atom is 0.257 e. The number of amides is 1. The molecule has 5 nitrogen and oxygen atoms in total. The van der Waals surface area contributed by atoms with Crippen LogP contribution in [0.5, 0.6) is 0 Å². The summed E-state index contributed by atoms with van der Waals surface area (Å²) in [5, 5.41) is 0. The Morgan fingerprint density at radius 1 is 1.21 bits per heavy atom. The van der Waals surface area contributed by atoms with Gasteiger partial charge in [0.25, 0.3) is 5.91 Å². The first kappa shape index (κ1) is 20.0. The van der Waals surface area contributed by atoms with Gasteiger partial charge in [0, 0.05) is 37.2 Å². The van der Waals surface area contributed by atoms with Gasteiger partial charge >= 0.3 is 0 Å². The van der Waals surface area contributed by atoms with Crippen LogP contribution in [0.3, 0.4) is 0 Å². The van der Waals surface area contributed by atoms with Gasteiger partial charge in [-0.1, -0.05) is 32.9 Å². The van der Waals surface area contributed by atoms with E-state index in [0.717, 1.165) is 49.6 Å². The van der Waals surface area contributed by atoms with Crippen molar-refractivity contribution in [2.75, 3.05) is 26.7 Å². The summed E-state index contributed by atoms with van der Waals surface area (Å²) in [6.45, 7) is 9.51. The van der Waals surface area contributed by atoms with Crippen LogP contribution in [0, 0.1) is 5.82 Å². The van der Waals surface area contributed by atoms with Gasteiger partial charge in [-0.15, -0.1) is 0 Å². The predicted molar refractivity (Wildman–Crippen MR) is 110 cm³/mol. The average molecular weight is 397 g/mol. The summed E-state index contributed by atoms with van der Waals surface area (Å²) in [7, 11) is 1.86. The number of carbonyl (C=O) groups is 1. The third kappa shape index (κ3) is 3.78. The van der Waals surface area contributed by atoms with Crippen molar-refractivity contribution in [1.82, 2.24) is 19.8 Å². The molecule has 4 rings (SSSR count). The minimum atomic E-state index is -0.191. The average Bonchev–Trinajstić information content (AvgIpc) is 2.67. The molecule has 1 saturated heterocycles. The molecule has 1 aromatic carbocycles. The topological polar surface area (TPSA) is 49.3 Å². The summed E-state index contributed by atoms with van der Waals surface area (Å²) in [6, 6.07) is 6.82. The zero-order chi connectivity index (χ0) is 20.8. The first-order valence-corrected chi connectivity index (χ1v) is 10.3. The molecule has 154 valence electrons. The normalized spacial score (nSPS) is 19.5. The minimum Gasteiger partial charge on any atom is -0.341 e. The maximum atomic E-state index is 13.5. The van der Waals surface area contributed by atoms with Gasteiger partial charge in [-0.3, -0.25) is 9.69 Å². The van der Waals surface area contributed by atoms with Crippen LogP contribution in [0.15, 0.2) is 30.5 Å². The molecule has 2 aliphatic rings. The number of fused-ring (bicyclic) bond motifs is 2. The molecule has 29 heavy (non-hydrogen) atoms. The van der Waals surface area contributed by atoms with Crippen LogP contribution < -0.4 is 0 Å². The summed E-state index contributed by atoms with van der Waals surface area (Å²) in [4.78, 5) is 26.4. The third-order valence-corrected chi connectivity index (χ3v) is 6.19. The molecule has 0 aliphatic carbocycles. The first-order chi connectivity index (χ1) is 13.7. The van der Waals surface area contributed by atoms with E-state index in [1.54, 1.807) is 18.3 Å². The molecule has 2 aliphatic heterocycles. The smallest absolute Gasteiger partial charge is 0.257 e. The van der Waals surface area contributed by atoms with Gasteiger partial charge in [0.2, 0.25) is 0 Å². The Morgan fingerprint density at radius 2 is 1.93 bits per heavy atom. The van der Waals surface area contributed by atoms with Gasteiger partial charge in [0.15, 0.2) is 0 Å². The molecule has 0 atom stereocenters. The Morgan fingerprint density at radius 3 is 2.59 bits per heavy atom. The van der Waals surface area contributed by atoms with E-state index in [1.807, 2.05) is 18.0 Å². The highest BCUT2D eigenvalue weighted by atomic mass is 19.1. The van der Waals surface area contributed by atoms with Crippen LogP contribution in [-0.2, 0) is 17.4 Å². The van der Waals surface area contributed by atoms with Crippen molar-refractivity contribution in [3.8, 4) is 0 Å². The van der Waals surface area contributed by atoms with Crippen LogP contribution in [0.1, 0.15) is 61.1 Å². The molecule has 3 heterocycles. The molecule has 0 radical (unpaired) electrons. The highest BCUT2D eigenvalue weighted by Gasteiger charge is 2.46. The maximum absolute atomic E-state index is 13.5. The highest BCUT2D eigenvalue weighted by Crippen LogP contribution is 2.41. The van der Waals surface area contributed by atoms with Crippen molar-refractivity contribution in [3.05, 3.63) is 58.9 Å². The van der Waals surface area contributed by atoms with Crippen molar-refractivity contribution in [3.63, 3.8) is 0 Å². The Kier molecular flexibility index (Phi) is 4.93. The SMILES string of the molecule is CN1CC2(CCN(Cc3cccc(F)c3)CC2)c2nc(C(C)(C)C)ncc2C1=O. The van der Waals surface area contributed by atoms with Gasteiger partial charge in [-0.25, -0.2) is 14.4 Å². The Hall–Kier alpha value is -2.34. The van der Waals surface area contributed by atoms with Gasteiger partial charge in [-0.2, -0.15) is 0 Å². The molecule has 0 bridgehead atoms. The fraction of sp³-hybridized carbons (Fsp3) is 0.522. The quantitative estimate of drug-likeness (QED) is 0.779. The molecule has 0 N–H and O–H groups in total. The molecule has 2 aromatic rings. The lowest BCUT2D eigenvalue weighted by Crippen LogP contribution is -2.54. The van der Waals surface area contributed by atoms with Crippen LogP contribution in [-0.4, -0.2) is 52.4 Å². The van der Waals surface area contributed by atoms with Crippen molar-refractivity contribution in [2.24, 2.45) is 0 Å². The zero-order valence-electron chi connectivity index (χ0n) is 17.7. The summed E-state index contributed by atoms with van der Waals surface area (Å²) in [6.07, 6.45) is 3.57. The molecular weight excluding hydrogens is 367 g/mol. The van der Waals surface area contributed by atoms with E-state index in [9.17, 15) is 9.18 Å². The van der Waals surface area contributed by atoms with Crippen LogP contribution >= 0.6 is 0 Å². The number of hydrogen-bond acceptors (Lipinski definition) is 4. The third-order valence-electron chi connectivity index (χ3n) is 6.19. The number of likely N-dealkylation sites (N-methyl/N-ethyl adjacent to an activating group) is 1. The standard InChI is InChI=1S/C23H29FN4O/c1-22(2,3)21-25-13-18-19(26-21)23(15-27(4)20(18)29)8-10-28(11-9-23)14-16-6-5-7-17(24)12-16/h5-7,12-13H,8-11,14-15H2,1-4H3. The van der Waals surface area contributed by atoms with E-state index in [-0.39, 0.29) is 22.6 Å². The molecule has 0 unspecified atom stereocenters. The Balaban J connectivity index is 1.60. The van der Waals surface area contributed by atoms with Crippen molar-refractivity contribution >= 4 is 5.91 Å². The van der Waals surface area contributed by atoms with E-state index in [4.69, 9.17) is 4.98 Å². The van der Waals surface area contributed by atoms with Gasteiger partial charge < -0.3 is 4.90 Å².